The fourth-order valence-corrected chi connectivity index (χ4v) is 2.20. The quantitative estimate of drug-likeness (QED) is 0.867. The lowest BCUT2D eigenvalue weighted by molar-refractivity contribution is -0.128. The number of carbonyl (C=O) groups is 1. The van der Waals surface area contributed by atoms with Gasteiger partial charge in [-0.3, -0.25) is 4.79 Å². The van der Waals surface area contributed by atoms with Crippen LogP contribution < -0.4 is 10.6 Å². The number of carbonyl (C=O) groups excluding carboxylic acids is 1. The van der Waals surface area contributed by atoms with Crippen molar-refractivity contribution in [3.63, 3.8) is 0 Å². The third-order valence-corrected chi connectivity index (χ3v) is 3.32. The number of hydrogen-bond acceptors (Lipinski definition) is 3. The molecule has 2 atom stereocenters. The van der Waals surface area contributed by atoms with Crippen LogP contribution in [0.3, 0.4) is 0 Å². The topological polar surface area (TPSA) is 50.4 Å². The Morgan fingerprint density at radius 3 is 3.05 bits per heavy atom. The zero-order chi connectivity index (χ0) is 14.5. The Morgan fingerprint density at radius 2 is 2.30 bits per heavy atom. The summed E-state index contributed by atoms with van der Waals surface area (Å²) in [6.45, 7) is 3.28. The molecule has 0 aliphatic carbocycles. The largest absolute Gasteiger partial charge is 0.375 e. The van der Waals surface area contributed by atoms with Gasteiger partial charge in [-0.25, -0.2) is 8.78 Å². The van der Waals surface area contributed by atoms with Crippen LogP contribution in [0, 0.1) is 11.6 Å². The van der Waals surface area contributed by atoms with Gasteiger partial charge in [-0.1, -0.05) is 12.1 Å². The zero-order valence-electron chi connectivity index (χ0n) is 11.3. The molecule has 1 amide bonds. The van der Waals surface area contributed by atoms with Gasteiger partial charge in [0.05, 0.1) is 12.7 Å². The van der Waals surface area contributed by atoms with Crippen molar-refractivity contribution in [3.8, 4) is 0 Å². The van der Waals surface area contributed by atoms with Crippen molar-refractivity contribution in [2.75, 3.05) is 19.7 Å². The lowest BCUT2D eigenvalue weighted by Gasteiger charge is -2.29. The van der Waals surface area contributed by atoms with Crippen LogP contribution in [-0.2, 0) is 16.0 Å². The number of morpholine rings is 1. The molecule has 2 rings (SSSR count). The van der Waals surface area contributed by atoms with Gasteiger partial charge in [-0.05, 0) is 25.0 Å². The first-order valence-corrected chi connectivity index (χ1v) is 6.65. The van der Waals surface area contributed by atoms with Crippen LogP contribution in [0.25, 0.3) is 0 Å². The second kappa shape index (κ2) is 6.76. The Bertz CT molecular complexity index is 482. The summed E-state index contributed by atoms with van der Waals surface area (Å²) in [5, 5.41) is 5.77. The maximum atomic E-state index is 13.4. The van der Waals surface area contributed by atoms with Crippen molar-refractivity contribution in [3.05, 3.63) is 35.4 Å². The number of halogens is 2. The van der Waals surface area contributed by atoms with Crippen LogP contribution in [0.1, 0.15) is 12.5 Å². The molecule has 4 nitrogen and oxygen atoms in total. The van der Waals surface area contributed by atoms with Gasteiger partial charge in [0.2, 0.25) is 5.91 Å². The van der Waals surface area contributed by atoms with Crippen LogP contribution in [0.5, 0.6) is 0 Å². The number of rotatable bonds is 4. The number of benzene rings is 1. The van der Waals surface area contributed by atoms with E-state index in [1.807, 2.05) is 6.92 Å². The van der Waals surface area contributed by atoms with Gasteiger partial charge in [-0.2, -0.15) is 0 Å². The second-order valence-electron chi connectivity index (χ2n) is 4.76. The minimum atomic E-state index is -0.871. The fourth-order valence-electron chi connectivity index (χ4n) is 2.20. The highest BCUT2D eigenvalue weighted by Crippen LogP contribution is 2.11. The van der Waals surface area contributed by atoms with Crippen molar-refractivity contribution in [1.29, 1.82) is 0 Å². The monoisotopic (exact) mass is 284 g/mol. The molecule has 1 aromatic carbocycles. The maximum Gasteiger partial charge on any atom is 0.239 e. The van der Waals surface area contributed by atoms with Gasteiger partial charge in [0.15, 0.2) is 11.6 Å². The van der Waals surface area contributed by atoms with Crippen molar-refractivity contribution < 1.29 is 18.3 Å². The summed E-state index contributed by atoms with van der Waals surface area (Å²) in [6, 6.07) is 3.63. The van der Waals surface area contributed by atoms with Crippen LogP contribution in [0.2, 0.25) is 0 Å². The fraction of sp³-hybridized carbons (Fsp3) is 0.500. The van der Waals surface area contributed by atoms with E-state index in [1.54, 1.807) is 0 Å². The first-order chi connectivity index (χ1) is 9.59. The normalized spacial score (nSPS) is 22.6. The van der Waals surface area contributed by atoms with Gasteiger partial charge in [0.1, 0.15) is 6.04 Å². The highest BCUT2D eigenvalue weighted by atomic mass is 19.2. The summed E-state index contributed by atoms with van der Waals surface area (Å²) in [5.41, 5.74) is 0.256. The molecule has 0 unspecified atom stereocenters. The molecule has 1 aliphatic heterocycles. The number of nitrogens with one attached hydrogen (secondary N) is 2. The molecule has 1 fully saturated rings. The Kier molecular flexibility index (Phi) is 5.03. The summed E-state index contributed by atoms with van der Waals surface area (Å²) in [5.74, 6) is -1.91. The standard InChI is InChI=1S/C14H18F2N2O2/c1-9-13(17-7-8-20-9)14(19)18-6-5-10-3-2-4-11(15)12(10)16/h2-4,9,13,17H,5-8H2,1H3,(H,18,19)/t9-,13+/m1/s1. The summed E-state index contributed by atoms with van der Waals surface area (Å²) < 4.78 is 31.8. The molecular formula is C14H18F2N2O2. The Hall–Kier alpha value is -1.53. The average molecular weight is 284 g/mol. The Labute approximate surface area is 116 Å². The first-order valence-electron chi connectivity index (χ1n) is 6.65. The van der Waals surface area contributed by atoms with Crippen molar-refractivity contribution in [2.24, 2.45) is 0 Å². The molecule has 20 heavy (non-hydrogen) atoms. The van der Waals surface area contributed by atoms with Gasteiger partial charge >= 0.3 is 0 Å². The Balaban J connectivity index is 1.83. The van der Waals surface area contributed by atoms with E-state index in [-0.39, 0.29) is 30.5 Å². The predicted octanol–water partition coefficient (Wildman–Crippen LogP) is 1.00. The lowest BCUT2D eigenvalue weighted by atomic mass is 10.1. The Morgan fingerprint density at radius 1 is 1.50 bits per heavy atom. The van der Waals surface area contributed by atoms with Crippen LogP contribution in [0.4, 0.5) is 8.78 Å². The molecule has 0 saturated carbocycles. The summed E-state index contributed by atoms with van der Waals surface area (Å²) in [7, 11) is 0. The van der Waals surface area contributed by atoms with Gasteiger partial charge < -0.3 is 15.4 Å². The highest BCUT2D eigenvalue weighted by molar-refractivity contribution is 5.82. The van der Waals surface area contributed by atoms with Crippen LogP contribution in [-0.4, -0.2) is 37.7 Å². The van der Waals surface area contributed by atoms with E-state index in [2.05, 4.69) is 10.6 Å². The SMILES string of the molecule is C[C@H]1OCCN[C@@H]1C(=O)NCCc1cccc(F)c1F. The number of hydrogen-bond donors (Lipinski definition) is 2. The van der Waals surface area contributed by atoms with E-state index in [4.69, 9.17) is 4.74 Å². The molecule has 0 aromatic heterocycles. The molecule has 1 aliphatic rings. The average Bonchev–Trinajstić information content (AvgIpc) is 2.44. The minimum absolute atomic E-state index is 0.186. The summed E-state index contributed by atoms with van der Waals surface area (Å²) >= 11 is 0. The second-order valence-corrected chi connectivity index (χ2v) is 4.76. The third kappa shape index (κ3) is 3.52. The van der Waals surface area contributed by atoms with Gasteiger partial charge in [0, 0.05) is 13.1 Å². The van der Waals surface area contributed by atoms with Gasteiger partial charge in [0.25, 0.3) is 0 Å². The van der Waals surface area contributed by atoms with Crippen molar-refractivity contribution in [1.82, 2.24) is 10.6 Å². The van der Waals surface area contributed by atoms with E-state index < -0.39 is 17.7 Å². The molecule has 1 heterocycles. The molecular weight excluding hydrogens is 266 g/mol. The predicted molar refractivity (Wildman–Crippen MR) is 70.3 cm³/mol. The molecule has 0 radical (unpaired) electrons. The van der Waals surface area contributed by atoms with E-state index >= 15 is 0 Å². The smallest absolute Gasteiger partial charge is 0.239 e. The number of amides is 1. The van der Waals surface area contributed by atoms with E-state index in [0.29, 0.717) is 13.2 Å². The third-order valence-electron chi connectivity index (χ3n) is 3.32. The molecule has 110 valence electrons. The minimum Gasteiger partial charge on any atom is -0.375 e. The lowest BCUT2D eigenvalue weighted by Crippen LogP contribution is -2.55. The molecule has 0 bridgehead atoms. The molecule has 0 spiro atoms. The first kappa shape index (κ1) is 14.9. The number of ether oxygens (including phenoxy) is 1. The zero-order valence-corrected chi connectivity index (χ0v) is 11.3. The summed E-state index contributed by atoms with van der Waals surface area (Å²) in [6.07, 6.45) is 0.0479. The van der Waals surface area contributed by atoms with Crippen molar-refractivity contribution >= 4 is 5.91 Å². The van der Waals surface area contributed by atoms with E-state index in [0.717, 1.165) is 6.07 Å². The van der Waals surface area contributed by atoms with E-state index in [9.17, 15) is 13.6 Å². The summed E-state index contributed by atoms with van der Waals surface area (Å²) in [4.78, 5) is 11.9. The molecule has 1 saturated heterocycles. The highest BCUT2D eigenvalue weighted by Gasteiger charge is 2.27. The van der Waals surface area contributed by atoms with Crippen LogP contribution >= 0.6 is 0 Å². The van der Waals surface area contributed by atoms with Gasteiger partial charge in [-0.15, -0.1) is 0 Å². The van der Waals surface area contributed by atoms with Crippen molar-refractivity contribution in [2.45, 2.75) is 25.5 Å². The van der Waals surface area contributed by atoms with E-state index in [1.165, 1.54) is 12.1 Å². The molecule has 1 aromatic rings. The molecule has 2 N–H and O–H groups in total. The van der Waals surface area contributed by atoms with Crippen LogP contribution in [0.15, 0.2) is 18.2 Å². The maximum absolute atomic E-state index is 13.4. The molecule has 6 heteroatoms.